The van der Waals surface area contributed by atoms with Crippen molar-refractivity contribution in [3.8, 4) is 0 Å². The molecule has 0 radical (unpaired) electrons. The summed E-state index contributed by atoms with van der Waals surface area (Å²) in [6.07, 6.45) is 1.84. The quantitative estimate of drug-likeness (QED) is 0.0931. The van der Waals surface area contributed by atoms with Crippen LogP contribution in [0.4, 0.5) is 0 Å². The molecule has 166 valence electrons. The van der Waals surface area contributed by atoms with Crippen LogP contribution in [-0.2, 0) is 19.2 Å². The zero-order chi connectivity index (χ0) is 22.4. The summed E-state index contributed by atoms with van der Waals surface area (Å²) in [5.41, 5.74) is 16.0. The van der Waals surface area contributed by atoms with Gasteiger partial charge in [0.2, 0.25) is 17.7 Å². The van der Waals surface area contributed by atoms with E-state index in [1.54, 1.807) is 0 Å². The average Bonchev–Trinajstić information content (AvgIpc) is 2.61. The Morgan fingerprint density at radius 3 is 2.07 bits per heavy atom. The fourth-order valence-corrected chi connectivity index (χ4v) is 2.34. The Bertz CT molecular complexity index is 591. The number of hydrogen-bond acceptors (Lipinski definition) is 6. The number of guanidine groups is 1. The van der Waals surface area contributed by atoms with Crippen LogP contribution in [0.3, 0.4) is 0 Å². The molecular weight excluding hydrogens is 382 g/mol. The molecule has 0 heterocycles. The van der Waals surface area contributed by atoms with Gasteiger partial charge < -0.3 is 38.3 Å². The van der Waals surface area contributed by atoms with E-state index in [0.29, 0.717) is 25.8 Å². The molecule has 0 aliphatic rings. The smallest absolute Gasteiger partial charge is 0.326 e. The number of carbonyl (C=O) groups is 4. The molecule has 12 nitrogen and oxygen atoms in total. The average molecular weight is 415 g/mol. The first-order valence-electron chi connectivity index (χ1n) is 9.43. The van der Waals surface area contributed by atoms with Crippen molar-refractivity contribution in [1.82, 2.24) is 16.0 Å². The highest BCUT2D eigenvalue weighted by molar-refractivity contribution is 5.91. The first-order chi connectivity index (χ1) is 13.5. The molecule has 3 amide bonds. The van der Waals surface area contributed by atoms with Crippen LogP contribution in [0.5, 0.6) is 0 Å². The van der Waals surface area contributed by atoms with Crippen molar-refractivity contribution in [3.63, 3.8) is 0 Å². The second kappa shape index (κ2) is 14.2. The Morgan fingerprint density at radius 1 is 0.966 bits per heavy atom. The summed E-state index contributed by atoms with van der Waals surface area (Å²) in [4.78, 5) is 50.5. The fourth-order valence-electron chi connectivity index (χ4n) is 2.34. The van der Waals surface area contributed by atoms with Gasteiger partial charge in [0.1, 0.15) is 12.1 Å². The van der Waals surface area contributed by atoms with Crippen LogP contribution in [0.1, 0.15) is 46.0 Å². The van der Waals surface area contributed by atoms with Crippen LogP contribution in [-0.4, -0.2) is 66.0 Å². The first-order valence-corrected chi connectivity index (χ1v) is 9.43. The van der Waals surface area contributed by atoms with Crippen LogP contribution < -0.4 is 33.2 Å². The van der Waals surface area contributed by atoms with Crippen LogP contribution in [0, 0.1) is 0 Å². The Hall–Kier alpha value is -2.89. The van der Waals surface area contributed by atoms with Crippen molar-refractivity contribution < 1.29 is 24.3 Å². The fraction of sp³-hybridized carbons (Fsp3) is 0.706. The molecule has 3 atom stereocenters. The lowest BCUT2D eigenvalue weighted by atomic mass is 10.1. The monoisotopic (exact) mass is 415 g/mol. The van der Waals surface area contributed by atoms with Crippen molar-refractivity contribution in [2.45, 2.75) is 64.1 Å². The number of unbranched alkanes of at least 4 members (excludes halogenated alkanes) is 1. The van der Waals surface area contributed by atoms with Crippen molar-refractivity contribution in [1.29, 1.82) is 0 Å². The molecule has 0 aromatic carbocycles. The van der Waals surface area contributed by atoms with Gasteiger partial charge in [-0.05, 0) is 39.0 Å². The van der Waals surface area contributed by atoms with Gasteiger partial charge in [0.25, 0.3) is 0 Å². The highest BCUT2D eigenvalue weighted by atomic mass is 16.4. The third kappa shape index (κ3) is 13.0. The predicted molar refractivity (Wildman–Crippen MR) is 108 cm³/mol. The second-order valence-electron chi connectivity index (χ2n) is 6.68. The van der Waals surface area contributed by atoms with E-state index in [1.165, 1.54) is 13.8 Å². The van der Waals surface area contributed by atoms with E-state index >= 15 is 0 Å². The maximum absolute atomic E-state index is 12.6. The van der Waals surface area contributed by atoms with Crippen LogP contribution in [0.15, 0.2) is 4.99 Å². The molecule has 0 saturated carbocycles. The summed E-state index contributed by atoms with van der Waals surface area (Å²) >= 11 is 0. The van der Waals surface area contributed by atoms with Crippen LogP contribution in [0.2, 0.25) is 0 Å². The van der Waals surface area contributed by atoms with Crippen LogP contribution in [0.25, 0.3) is 0 Å². The van der Waals surface area contributed by atoms with Crippen molar-refractivity contribution >= 4 is 29.7 Å². The number of carboxylic acids is 1. The summed E-state index contributed by atoms with van der Waals surface area (Å²) in [6, 6.07) is -2.91. The minimum Gasteiger partial charge on any atom is -0.480 e. The number of nitrogens with zero attached hydrogens (tertiary/aromatic N) is 1. The van der Waals surface area contributed by atoms with Gasteiger partial charge in [0.15, 0.2) is 5.96 Å². The molecule has 0 aliphatic heterocycles. The number of amides is 3. The van der Waals surface area contributed by atoms with E-state index in [1.807, 2.05) is 0 Å². The van der Waals surface area contributed by atoms with Gasteiger partial charge >= 0.3 is 5.97 Å². The third-order valence-corrected chi connectivity index (χ3v) is 3.90. The highest BCUT2D eigenvalue weighted by Crippen LogP contribution is 2.05. The number of aliphatic carboxylic acids is 1. The van der Waals surface area contributed by atoms with Crippen molar-refractivity contribution in [3.05, 3.63) is 0 Å². The summed E-state index contributed by atoms with van der Waals surface area (Å²) in [6.45, 7) is 3.54. The van der Waals surface area contributed by atoms with E-state index in [0.717, 1.165) is 0 Å². The third-order valence-electron chi connectivity index (χ3n) is 3.90. The van der Waals surface area contributed by atoms with Gasteiger partial charge in [-0.25, -0.2) is 4.79 Å². The molecule has 12 heteroatoms. The van der Waals surface area contributed by atoms with Gasteiger partial charge in [0, 0.05) is 20.0 Å². The van der Waals surface area contributed by atoms with Crippen molar-refractivity contribution in [2.75, 3.05) is 13.1 Å². The number of nitrogens with two attached hydrogens (primary N) is 3. The summed E-state index contributed by atoms with van der Waals surface area (Å²) < 4.78 is 0. The molecule has 0 aromatic rings. The predicted octanol–water partition coefficient (Wildman–Crippen LogP) is -2.25. The molecule has 0 aromatic heterocycles. The number of rotatable bonds is 14. The van der Waals surface area contributed by atoms with Crippen molar-refractivity contribution in [2.24, 2.45) is 22.2 Å². The minimum atomic E-state index is -1.18. The standard InChI is InChI=1S/C17H33N7O5/c1-10(18)14(26)23-12(7-5-9-22-17(19)20)15(27)24-13(16(28)29)6-3-4-8-21-11(2)25/h10,12-13H,3-9,18H2,1-2H3,(H,21,25)(H,23,26)(H,24,27)(H,28,29)(H4,19,20,22)/t10-,12-,13-/m0/s1. The summed E-state index contributed by atoms with van der Waals surface area (Å²) in [5.74, 6) is -2.60. The molecule has 0 fully saturated rings. The molecule has 0 bridgehead atoms. The molecule has 0 saturated heterocycles. The lowest BCUT2D eigenvalue weighted by Crippen LogP contribution is -2.54. The molecule has 0 aliphatic carbocycles. The Balaban J connectivity index is 4.83. The maximum Gasteiger partial charge on any atom is 0.326 e. The molecule has 0 rings (SSSR count). The Labute approximate surface area is 170 Å². The van der Waals surface area contributed by atoms with Gasteiger partial charge in [0.05, 0.1) is 6.04 Å². The molecule has 0 unspecified atom stereocenters. The van der Waals surface area contributed by atoms with Gasteiger partial charge in [-0.15, -0.1) is 0 Å². The zero-order valence-corrected chi connectivity index (χ0v) is 16.9. The largest absolute Gasteiger partial charge is 0.480 e. The first kappa shape index (κ1) is 26.1. The number of hydrogen-bond donors (Lipinski definition) is 7. The van der Waals surface area contributed by atoms with E-state index in [-0.39, 0.29) is 31.3 Å². The van der Waals surface area contributed by atoms with Gasteiger partial charge in [-0.3, -0.25) is 19.4 Å². The van der Waals surface area contributed by atoms with E-state index in [2.05, 4.69) is 20.9 Å². The molecule has 0 spiro atoms. The minimum absolute atomic E-state index is 0.0872. The lowest BCUT2D eigenvalue weighted by molar-refractivity contribution is -0.142. The molecule has 29 heavy (non-hydrogen) atoms. The summed E-state index contributed by atoms with van der Waals surface area (Å²) in [5, 5.41) is 16.9. The maximum atomic E-state index is 12.6. The number of nitrogens with one attached hydrogen (secondary N) is 3. The van der Waals surface area contributed by atoms with E-state index in [9.17, 15) is 24.3 Å². The highest BCUT2D eigenvalue weighted by Gasteiger charge is 2.26. The van der Waals surface area contributed by atoms with E-state index < -0.39 is 35.9 Å². The Morgan fingerprint density at radius 2 is 1.55 bits per heavy atom. The summed E-state index contributed by atoms with van der Waals surface area (Å²) in [7, 11) is 0. The van der Waals surface area contributed by atoms with E-state index in [4.69, 9.17) is 17.2 Å². The van der Waals surface area contributed by atoms with Crippen LogP contribution >= 0.6 is 0 Å². The number of carboxylic acid groups (broad SMARTS) is 1. The Kier molecular flexibility index (Phi) is 12.7. The lowest BCUT2D eigenvalue weighted by Gasteiger charge is -2.22. The topological polar surface area (TPSA) is 215 Å². The van der Waals surface area contributed by atoms with Gasteiger partial charge in [-0.1, -0.05) is 0 Å². The molecular formula is C17H33N7O5. The number of aliphatic imine (C=N–C) groups is 1. The zero-order valence-electron chi connectivity index (χ0n) is 16.9. The normalized spacial score (nSPS) is 13.5. The number of carbonyl (C=O) groups excluding carboxylic acids is 3. The van der Waals surface area contributed by atoms with Gasteiger partial charge in [-0.2, -0.15) is 0 Å². The SMILES string of the molecule is CC(=O)NCCCC[C@H](NC(=O)[C@H](CCCN=C(N)N)NC(=O)[C@H](C)N)C(=O)O. The molecule has 10 N–H and O–H groups in total. The second-order valence-corrected chi connectivity index (χ2v) is 6.68.